The maximum Gasteiger partial charge on any atom is 0.430 e. The summed E-state index contributed by atoms with van der Waals surface area (Å²) in [5.41, 5.74) is 0. The van der Waals surface area contributed by atoms with Gasteiger partial charge in [-0.15, -0.1) is 0 Å². The number of carboxylic acid groups (broad SMARTS) is 2. The van der Waals surface area contributed by atoms with Crippen molar-refractivity contribution >= 4 is 23.8 Å². The van der Waals surface area contributed by atoms with Crippen LogP contribution < -0.4 is 20.8 Å². The third-order valence-electron chi connectivity index (χ3n) is 12.5. The van der Waals surface area contributed by atoms with Crippen molar-refractivity contribution in [2.45, 2.75) is 231 Å². The molecule has 406 valence electrons. The second-order valence-electron chi connectivity index (χ2n) is 19.5. The molecule has 0 aliphatic rings. The molecule has 0 unspecified atom stereocenters. The molecule has 0 aliphatic carbocycles. The quantitative estimate of drug-likeness (QED) is 0.0268. The van der Waals surface area contributed by atoms with E-state index in [2.05, 4.69) is 52.7 Å². The van der Waals surface area contributed by atoms with E-state index in [4.69, 9.17) is 19.8 Å². The van der Waals surface area contributed by atoms with Crippen LogP contribution >= 0.6 is 0 Å². The maximum absolute atomic E-state index is 12.9. The summed E-state index contributed by atoms with van der Waals surface area (Å²) < 4.78 is 64.2. The van der Waals surface area contributed by atoms with E-state index in [1.54, 1.807) is 0 Å². The third-order valence-corrected chi connectivity index (χ3v) is 12.5. The van der Waals surface area contributed by atoms with Gasteiger partial charge in [-0.05, 0) is 38.5 Å². The number of aliphatic hydroxyl groups excluding tert-OH is 2. The number of nitrogens with one attached hydrogen (secondary N) is 2. The van der Waals surface area contributed by atoms with Crippen LogP contribution in [0.2, 0.25) is 0 Å². The number of halogens is 6. The van der Waals surface area contributed by atoms with Gasteiger partial charge in [-0.2, -0.15) is 26.3 Å². The number of nitrogens with zero attached hydrogens (tertiary/aromatic N) is 2. The molecule has 2 atom stereocenters. The lowest BCUT2D eigenvalue weighted by molar-refractivity contribution is -0.906. The van der Waals surface area contributed by atoms with Crippen molar-refractivity contribution in [1.82, 2.24) is 10.6 Å². The Balaban J connectivity index is -0.00000259. The van der Waals surface area contributed by atoms with Gasteiger partial charge in [0, 0.05) is 13.1 Å². The minimum atomic E-state index is -5.19. The minimum Gasteiger partial charge on any atom is -0.542 e. The maximum atomic E-state index is 12.9. The molecule has 0 heterocycles. The molecular formula is C50H96F6N4O8. The molecule has 68 heavy (non-hydrogen) atoms. The zero-order chi connectivity index (χ0) is 52.3. The first-order valence-corrected chi connectivity index (χ1v) is 25.9. The number of aliphatic carboxylic acids is 2. The van der Waals surface area contributed by atoms with Gasteiger partial charge < -0.3 is 49.6 Å². The first kappa shape index (κ1) is 69.6. The summed E-state index contributed by atoms with van der Waals surface area (Å²) in [5.74, 6) is -6.03. The van der Waals surface area contributed by atoms with Gasteiger partial charge in [0.2, 0.25) is 0 Å². The van der Waals surface area contributed by atoms with Crippen molar-refractivity contribution in [3.63, 3.8) is 0 Å². The topological polar surface area (TPSA) is 179 Å². The van der Waals surface area contributed by atoms with Crippen LogP contribution in [-0.4, -0.2) is 135 Å². The largest absolute Gasteiger partial charge is 0.542 e. The van der Waals surface area contributed by atoms with Crippen LogP contribution in [0.5, 0.6) is 0 Å². The lowest BCUT2D eigenvalue weighted by atomic mass is 10.1. The van der Waals surface area contributed by atoms with Crippen molar-refractivity contribution in [2.24, 2.45) is 0 Å². The Kier molecular flexibility index (Phi) is 44.1. The minimum absolute atomic E-state index is 0.00930. The Morgan fingerprint density at radius 3 is 0.794 bits per heavy atom. The normalized spacial score (nSPS) is 12.9. The van der Waals surface area contributed by atoms with E-state index >= 15 is 0 Å². The van der Waals surface area contributed by atoms with Gasteiger partial charge in [0.25, 0.3) is 11.8 Å². The number of hydrogen-bond donors (Lipinski definition) is 4. The Hall–Kier alpha value is -2.70. The molecule has 0 bridgehead atoms. The summed E-state index contributed by atoms with van der Waals surface area (Å²) >= 11 is 0. The van der Waals surface area contributed by atoms with Gasteiger partial charge in [-0.25, -0.2) is 0 Å². The van der Waals surface area contributed by atoms with E-state index in [1.165, 1.54) is 154 Å². The van der Waals surface area contributed by atoms with E-state index in [9.17, 15) is 46.1 Å². The molecular weight excluding hydrogens is 899 g/mol. The number of quaternary nitrogens is 2. The monoisotopic (exact) mass is 995 g/mol. The van der Waals surface area contributed by atoms with E-state index in [1.807, 2.05) is 0 Å². The summed E-state index contributed by atoms with van der Waals surface area (Å²) in [6.45, 7) is 7.56. The van der Waals surface area contributed by atoms with Gasteiger partial charge in [-0.3, -0.25) is 9.59 Å². The molecule has 0 saturated carbocycles. The molecule has 0 spiro atoms. The average Bonchev–Trinajstić information content (AvgIpc) is 3.25. The molecule has 12 nitrogen and oxygen atoms in total. The molecule has 0 rings (SSSR count). The number of unbranched alkanes of at least 4 members (excludes halogenated alkanes) is 27. The fraction of sp³-hybridized carbons (Fsp3) is 0.920. The second kappa shape index (κ2) is 43.1. The molecule has 0 aromatic rings. The van der Waals surface area contributed by atoms with Crippen molar-refractivity contribution in [3.8, 4) is 0 Å². The van der Waals surface area contributed by atoms with Crippen LogP contribution in [0.4, 0.5) is 26.3 Å². The Bertz CT molecular complexity index is 1150. The third kappa shape index (κ3) is 42.2. The van der Waals surface area contributed by atoms with E-state index < -0.39 is 36.4 Å². The van der Waals surface area contributed by atoms with Crippen LogP contribution in [0.1, 0.15) is 206 Å². The van der Waals surface area contributed by atoms with Crippen LogP contribution in [0.15, 0.2) is 0 Å². The van der Waals surface area contributed by atoms with Crippen molar-refractivity contribution in [2.75, 3.05) is 67.6 Å². The number of rotatable bonds is 41. The molecule has 0 aliphatic heterocycles. The SMILES string of the molecule is CCCCCCCCCCCC[N+](C)(C)[C@@H](CO)C(=O)NCCCCCCCCCCCCNC(=O)[C@H](CO)[N+](C)(C)CCCCCCCCCCCC.O=C([O-])C(F)(F)F.O=C([O-])C(F)(F)F. The molecule has 0 aromatic heterocycles. The zero-order valence-electron chi connectivity index (χ0n) is 43.1. The van der Waals surface area contributed by atoms with Crippen molar-refractivity contribution < 1.29 is 74.9 Å². The highest BCUT2D eigenvalue weighted by Gasteiger charge is 2.35. The number of likely N-dealkylation sites (N-methyl/N-ethyl adjacent to an activating group) is 2. The predicted molar refractivity (Wildman–Crippen MR) is 254 cm³/mol. The summed E-state index contributed by atoms with van der Waals surface area (Å²) in [7, 11) is 8.34. The van der Waals surface area contributed by atoms with Crippen LogP contribution in [-0.2, 0) is 19.2 Å². The number of amides is 2. The lowest BCUT2D eigenvalue weighted by Gasteiger charge is -2.36. The molecule has 0 radical (unpaired) electrons. The number of hydrogen-bond acceptors (Lipinski definition) is 8. The highest BCUT2D eigenvalue weighted by Crippen LogP contribution is 2.17. The number of carbonyl (C=O) groups excluding carboxylic acids is 4. The van der Waals surface area contributed by atoms with Gasteiger partial charge >= 0.3 is 12.4 Å². The van der Waals surface area contributed by atoms with E-state index in [0.717, 1.165) is 51.6 Å². The number of alkyl halides is 6. The molecule has 0 fully saturated rings. The highest BCUT2D eigenvalue weighted by atomic mass is 19.4. The van der Waals surface area contributed by atoms with Crippen LogP contribution in [0.25, 0.3) is 0 Å². The molecule has 2 amide bonds. The fourth-order valence-corrected chi connectivity index (χ4v) is 7.89. The molecule has 0 aromatic carbocycles. The van der Waals surface area contributed by atoms with Gasteiger partial charge in [0.05, 0.1) is 41.3 Å². The van der Waals surface area contributed by atoms with Gasteiger partial charge in [0.15, 0.2) is 12.1 Å². The number of carbonyl (C=O) groups is 4. The summed E-state index contributed by atoms with van der Waals surface area (Å²) in [5, 5.41) is 43.9. The van der Waals surface area contributed by atoms with Crippen LogP contribution in [0, 0.1) is 0 Å². The van der Waals surface area contributed by atoms with E-state index in [0.29, 0.717) is 22.1 Å². The first-order valence-electron chi connectivity index (χ1n) is 25.9. The van der Waals surface area contributed by atoms with Crippen molar-refractivity contribution in [1.29, 1.82) is 0 Å². The summed E-state index contributed by atoms with van der Waals surface area (Å²) in [4.78, 5) is 43.4. The predicted octanol–water partition coefficient (Wildman–Crippen LogP) is 8.43. The van der Waals surface area contributed by atoms with Gasteiger partial charge in [-0.1, -0.05) is 168 Å². The Morgan fingerprint density at radius 1 is 0.412 bits per heavy atom. The summed E-state index contributed by atoms with van der Waals surface area (Å²) in [6.07, 6.45) is 27.3. The van der Waals surface area contributed by atoms with Crippen molar-refractivity contribution in [3.05, 3.63) is 0 Å². The average molecular weight is 995 g/mol. The van der Waals surface area contributed by atoms with Gasteiger partial charge in [0.1, 0.15) is 25.2 Å². The lowest BCUT2D eigenvalue weighted by Crippen LogP contribution is -2.58. The molecule has 0 saturated heterocycles. The Morgan fingerprint density at radius 2 is 0.603 bits per heavy atom. The summed E-state index contributed by atoms with van der Waals surface area (Å²) in [6, 6.07) is -0.791. The number of aliphatic hydroxyl groups is 2. The zero-order valence-corrected chi connectivity index (χ0v) is 43.1. The Labute approximate surface area is 406 Å². The molecule has 18 heteroatoms. The second-order valence-corrected chi connectivity index (χ2v) is 19.5. The first-order chi connectivity index (χ1) is 32.0. The van der Waals surface area contributed by atoms with Crippen LogP contribution in [0.3, 0.4) is 0 Å². The smallest absolute Gasteiger partial charge is 0.430 e. The molecule has 4 N–H and O–H groups in total. The highest BCUT2D eigenvalue weighted by molar-refractivity contribution is 5.81. The number of carboxylic acids is 2. The standard InChI is InChI=1S/C46H94N4O4.2C2HF3O2/c1-7-9-11-13-15-17-23-27-31-35-39-49(3,4)43(41-51)45(53)47-37-33-29-25-21-19-20-22-26-30-34-38-48-46(54)44(42-52)50(5,6)40-36-32-28-24-18-16-14-12-10-8-2;2*3-2(4,5)1(6)7/h43-44,51-52H,7-42H2,1-6H3;2*(H,6,7)/t43-,44-;;/m0../s1. The van der Waals surface area contributed by atoms with E-state index in [-0.39, 0.29) is 25.0 Å². The fourth-order valence-electron chi connectivity index (χ4n) is 7.89.